The second-order valence-corrected chi connectivity index (χ2v) is 21.0. The molecule has 372 valence electrons. The second kappa shape index (κ2) is 16.9. The van der Waals surface area contributed by atoms with Crippen molar-refractivity contribution in [3.8, 4) is 5.75 Å². The minimum absolute atomic E-state index is 0.156. The number of likely N-dealkylation sites (N-methyl/N-ethyl adjacent to an activating group) is 1. The Morgan fingerprint density at radius 1 is 0.901 bits per heavy atom. The number of aliphatic hydroxyl groups is 1. The summed E-state index contributed by atoms with van der Waals surface area (Å²) >= 11 is 0. The van der Waals surface area contributed by atoms with Crippen LogP contribution in [0.2, 0.25) is 0 Å². The van der Waals surface area contributed by atoms with E-state index in [2.05, 4.69) is 55.2 Å². The highest BCUT2D eigenvalue weighted by molar-refractivity contribution is 5.98. The molecule has 71 heavy (non-hydrogen) atoms. The van der Waals surface area contributed by atoms with Crippen LogP contribution in [0, 0.1) is 11.3 Å². The predicted octanol–water partition coefficient (Wildman–Crippen LogP) is 5.37. The van der Waals surface area contributed by atoms with Gasteiger partial charge in [-0.1, -0.05) is 44.2 Å². The topological polar surface area (TPSA) is 189 Å². The van der Waals surface area contributed by atoms with Gasteiger partial charge in [-0.05, 0) is 92.4 Å². The highest BCUT2D eigenvalue weighted by Gasteiger charge is 2.80. The fourth-order valence-corrected chi connectivity index (χ4v) is 15.1. The van der Waals surface area contributed by atoms with E-state index in [1.165, 1.54) is 21.1 Å². The van der Waals surface area contributed by atoms with E-state index in [9.17, 15) is 19.5 Å². The number of methoxy groups -OCH3 is 3. The van der Waals surface area contributed by atoms with Crippen LogP contribution in [-0.2, 0) is 45.8 Å². The normalized spacial score (nSPS) is 32.6. The van der Waals surface area contributed by atoms with Crippen molar-refractivity contribution in [2.45, 2.75) is 99.5 Å². The zero-order valence-electron chi connectivity index (χ0n) is 41.5. The Morgan fingerprint density at radius 3 is 2.41 bits per heavy atom. The lowest BCUT2D eigenvalue weighted by molar-refractivity contribution is -0.228. The maximum Gasteiger partial charge on any atom is 0.344 e. The van der Waals surface area contributed by atoms with Crippen LogP contribution in [0.4, 0.5) is 5.69 Å². The van der Waals surface area contributed by atoms with Crippen LogP contribution in [0.25, 0.3) is 21.9 Å². The Bertz CT molecular complexity index is 3050. The molecule has 1 unspecified atom stereocenters. The van der Waals surface area contributed by atoms with Crippen molar-refractivity contribution in [1.82, 2.24) is 30.1 Å². The van der Waals surface area contributed by atoms with Gasteiger partial charge in [0.25, 0.3) is 5.91 Å². The number of carbonyl (C=O) groups is 4. The predicted molar refractivity (Wildman–Crippen MR) is 265 cm³/mol. The quantitative estimate of drug-likeness (QED) is 0.0972. The average Bonchev–Trinajstić information content (AvgIpc) is 4.05. The van der Waals surface area contributed by atoms with Gasteiger partial charge in [-0.2, -0.15) is 0 Å². The molecular formula is C55H63N7O9. The molecule has 16 nitrogen and oxygen atoms in total. The number of aromatic amines is 1. The van der Waals surface area contributed by atoms with Gasteiger partial charge in [0.2, 0.25) is 5.60 Å². The number of ether oxygens (including phenoxy) is 4. The SMILES string of the molecule is CC[C@]1(NC(=O)c2ccc3nccnc3c2)C[C@H]2CN(CCc3c([nH]c4ccccc34)[C@@](C(=O)OC)(c3cc4c(cc3OC)N(C)[C@H]3[C@@](O)(C(=O)OC)[C@H](OC(C)=O)[C@]5(CC)C=CCN6CC[C@]43[C@@H]65)C2)C1. The molecule has 5 aliphatic heterocycles. The van der Waals surface area contributed by atoms with Gasteiger partial charge in [-0.15, -0.1) is 0 Å². The van der Waals surface area contributed by atoms with E-state index in [4.69, 9.17) is 18.9 Å². The van der Waals surface area contributed by atoms with Gasteiger partial charge in [-0.3, -0.25) is 29.3 Å². The number of hydrogen-bond donors (Lipinski definition) is 3. The third-order valence-electron chi connectivity index (χ3n) is 17.7. The molecule has 6 aliphatic rings. The minimum Gasteiger partial charge on any atom is -0.496 e. The number of hydrogen-bond acceptors (Lipinski definition) is 14. The Hall–Kier alpha value is -6.36. The molecule has 1 aliphatic carbocycles. The van der Waals surface area contributed by atoms with Crippen molar-refractivity contribution in [3.63, 3.8) is 0 Å². The number of para-hydroxylation sites is 1. The van der Waals surface area contributed by atoms with Crippen LogP contribution in [0.15, 0.2) is 79.1 Å². The monoisotopic (exact) mass is 965 g/mol. The van der Waals surface area contributed by atoms with Crippen LogP contribution in [0.5, 0.6) is 5.75 Å². The maximum atomic E-state index is 15.8. The number of rotatable bonds is 9. The third-order valence-corrected chi connectivity index (χ3v) is 17.7. The molecule has 7 heterocycles. The fourth-order valence-electron chi connectivity index (χ4n) is 15.1. The number of anilines is 1. The first-order valence-electron chi connectivity index (χ1n) is 25.0. The minimum atomic E-state index is -2.34. The van der Waals surface area contributed by atoms with Crippen molar-refractivity contribution in [2.24, 2.45) is 11.3 Å². The van der Waals surface area contributed by atoms with E-state index >= 15 is 4.79 Å². The van der Waals surface area contributed by atoms with Crippen molar-refractivity contribution in [2.75, 3.05) is 66.0 Å². The summed E-state index contributed by atoms with van der Waals surface area (Å²) < 4.78 is 24.3. The molecule has 1 saturated carbocycles. The smallest absolute Gasteiger partial charge is 0.344 e. The lowest BCUT2D eigenvalue weighted by Gasteiger charge is -2.63. The van der Waals surface area contributed by atoms with Crippen LogP contribution in [-0.4, -0.2) is 144 Å². The number of carbonyl (C=O) groups excluding carboxylic acids is 4. The number of aromatic nitrogens is 3. The Kier molecular flexibility index (Phi) is 11.2. The zero-order valence-corrected chi connectivity index (χ0v) is 41.5. The number of esters is 3. The Balaban J connectivity index is 1.12. The molecule has 2 bridgehead atoms. The van der Waals surface area contributed by atoms with E-state index in [1.807, 2.05) is 55.3 Å². The first-order chi connectivity index (χ1) is 34.2. The molecular weight excluding hydrogens is 903 g/mol. The van der Waals surface area contributed by atoms with Crippen molar-refractivity contribution in [3.05, 3.63) is 107 Å². The fraction of sp³-hybridized carbons (Fsp3) is 0.491. The van der Waals surface area contributed by atoms with Gasteiger partial charge in [-0.25, -0.2) is 4.79 Å². The molecule has 5 aromatic rings. The summed E-state index contributed by atoms with van der Waals surface area (Å²) in [4.78, 5) is 77.4. The lowest BCUT2D eigenvalue weighted by atomic mass is 9.47. The molecule has 3 N–H and O–H groups in total. The molecule has 1 spiro atoms. The van der Waals surface area contributed by atoms with Gasteiger partial charge < -0.3 is 44.2 Å². The largest absolute Gasteiger partial charge is 0.496 e. The summed E-state index contributed by atoms with van der Waals surface area (Å²) in [6, 6.07) is 16.3. The number of fused-ring (bicyclic) bond motifs is 7. The number of piperidine rings is 1. The summed E-state index contributed by atoms with van der Waals surface area (Å²) in [7, 11) is 6.15. The Morgan fingerprint density at radius 2 is 1.68 bits per heavy atom. The number of nitrogens with one attached hydrogen (secondary N) is 2. The van der Waals surface area contributed by atoms with E-state index in [-0.39, 0.29) is 17.9 Å². The standard InChI is InChI=1S/C55H63N7O9/c1-8-51(59-45(64)34-15-16-40-41(25-34)57-21-20-56-40)28-33-29-54(49(65)69-6,44-36(17-23-61(30-33)31-51)35-13-10-11-14-39(35)58-44)38-26-37-42(27-43(38)68-5)60(4)47-53(37)19-24-62-22-12-18-52(9-2,46(53)62)48(71-32(3)63)55(47,67)50(66)70-7/h10-16,18,20-21,25-27,33,46-48,58,67H,8-9,17,19,22-24,28-31H2,1-7H3,(H,59,64)/t33-,46+,47-,48-,51+,52-,53-,54+,55+/m1/s1. The molecule has 10 atom stereocenters. The molecule has 11 rings (SSSR count). The highest BCUT2D eigenvalue weighted by atomic mass is 16.6. The Labute approximate surface area is 413 Å². The molecule has 2 saturated heterocycles. The molecule has 3 aromatic carbocycles. The summed E-state index contributed by atoms with van der Waals surface area (Å²) in [6.45, 7) is 8.63. The summed E-state index contributed by atoms with van der Waals surface area (Å²) in [5.74, 6) is -1.90. The van der Waals surface area contributed by atoms with Crippen LogP contribution >= 0.6 is 0 Å². The maximum absolute atomic E-state index is 15.8. The average molecular weight is 966 g/mol. The van der Waals surface area contributed by atoms with Gasteiger partial charge >= 0.3 is 17.9 Å². The molecule has 3 fully saturated rings. The summed E-state index contributed by atoms with van der Waals surface area (Å²) in [5, 5.41) is 18.0. The van der Waals surface area contributed by atoms with E-state index in [0.29, 0.717) is 99.2 Å². The van der Waals surface area contributed by atoms with Crippen LogP contribution in [0.1, 0.15) is 85.6 Å². The molecule has 2 aromatic heterocycles. The van der Waals surface area contributed by atoms with Crippen molar-refractivity contribution < 1.29 is 43.2 Å². The first kappa shape index (κ1) is 47.0. The van der Waals surface area contributed by atoms with Gasteiger partial charge in [0, 0.05) is 109 Å². The third kappa shape index (κ3) is 6.52. The van der Waals surface area contributed by atoms with Crippen LogP contribution < -0.4 is 15.0 Å². The molecule has 0 radical (unpaired) electrons. The second-order valence-electron chi connectivity index (χ2n) is 21.0. The highest BCUT2D eigenvalue weighted by Crippen LogP contribution is 2.68. The lowest BCUT2D eigenvalue weighted by Crippen LogP contribution is -2.81. The van der Waals surface area contributed by atoms with Gasteiger partial charge in [0.1, 0.15) is 11.2 Å². The van der Waals surface area contributed by atoms with Gasteiger partial charge in [0.05, 0.1) is 43.9 Å². The summed E-state index contributed by atoms with van der Waals surface area (Å²) in [5.41, 5.74) is 0.120. The van der Waals surface area contributed by atoms with Gasteiger partial charge in [0.15, 0.2) is 6.10 Å². The van der Waals surface area contributed by atoms with Crippen LogP contribution in [0.3, 0.4) is 0 Å². The van der Waals surface area contributed by atoms with Crippen molar-refractivity contribution in [1.29, 1.82) is 0 Å². The summed E-state index contributed by atoms with van der Waals surface area (Å²) in [6.07, 6.45) is 9.13. The number of nitrogens with zero attached hydrogens (tertiary/aromatic N) is 5. The van der Waals surface area contributed by atoms with Crippen molar-refractivity contribution >= 4 is 51.4 Å². The number of amides is 1. The van der Waals surface area contributed by atoms with E-state index in [1.54, 1.807) is 31.6 Å². The van der Waals surface area contributed by atoms with E-state index < -0.39 is 57.4 Å². The number of H-pyrrole nitrogens is 1. The zero-order chi connectivity index (χ0) is 49.8. The molecule has 1 amide bonds. The first-order valence-corrected chi connectivity index (χ1v) is 25.0. The van der Waals surface area contributed by atoms with E-state index in [0.717, 1.165) is 33.4 Å². The number of benzene rings is 3. The molecule has 16 heteroatoms.